The number of amides is 1. The first-order chi connectivity index (χ1) is 16.8. The number of nitrogens with zero attached hydrogens (tertiary/aromatic N) is 4. The van der Waals surface area contributed by atoms with Crippen molar-refractivity contribution < 1.29 is 27.4 Å². The summed E-state index contributed by atoms with van der Waals surface area (Å²) in [5.41, 5.74) is -0.991. The van der Waals surface area contributed by atoms with Crippen LogP contribution in [0.15, 0.2) is 18.2 Å². The molecule has 0 spiro atoms. The van der Waals surface area contributed by atoms with Crippen LogP contribution in [0.5, 0.6) is 0 Å². The van der Waals surface area contributed by atoms with Crippen molar-refractivity contribution in [3.05, 3.63) is 23.9 Å². The van der Waals surface area contributed by atoms with Gasteiger partial charge in [0.15, 0.2) is 0 Å². The largest absolute Gasteiger partial charge is 0.433 e. The van der Waals surface area contributed by atoms with Gasteiger partial charge in [-0.3, -0.25) is 9.69 Å². The Labute approximate surface area is 207 Å². The highest BCUT2D eigenvalue weighted by Gasteiger charge is 2.33. The smallest absolute Gasteiger partial charge is 0.382 e. The first-order valence-electron chi connectivity index (χ1n) is 12.8. The number of carbonyl (C=O) groups excluding carboxylic acids is 1. The van der Waals surface area contributed by atoms with Crippen molar-refractivity contribution in [2.24, 2.45) is 0 Å². The van der Waals surface area contributed by atoms with Crippen LogP contribution in [0.4, 0.5) is 19.0 Å². The molecule has 1 aliphatic heterocycles. The molecule has 1 saturated heterocycles. The molecule has 0 atom stereocenters. The molecule has 1 amide bonds. The van der Waals surface area contributed by atoms with Crippen LogP contribution in [0.2, 0.25) is 0 Å². The average molecular weight is 503 g/mol. The molecule has 0 aromatic carbocycles. The number of hydrogen-bond donors (Lipinski definition) is 0. The minimum absolute atomic E-state index is 0.0435. The minimum atomic E-state index is -4.54. The van der Waals surface area contributed by atoms with E-state index in [1.54, 1.807) is 6.92 Å². The normalized spacial score (nSPS) is 15.5. The second-order valence-corrected chi connectivity index (χ2v) is 8.68. The fourth-order valence-electron chi connectivity index (χ4n) is 4.03. The lowest BCUT2D eigenvalue weighted by atomic mass is 10.2. The van der Waals surface area contributed by atoms with Crippen LogP contribution < -0.4 is 4.90 Å². The van der Waals surface area contributed by atoms with E-state index in [1.165, 1.54) is 17.0 Å². The fraction of sp³-hybridized carbons (Fsp3) is 0.760. The van der Waals surface area contributed by atoms with Gasteiger partial charge in [-0.25, -0.2) is 4.98 Å². The molecule has 2 rings (SSSR count). The molecule has 0 aliphatic carbocycles. The Bertz CT molecular complexity index is 728. The number of alkyl halides is 3. The van der Waals surface area contributed by atoms with Gasteiger partial charge < -0.3 is 19.3 Å². The van der Waals surface area contributed by atoms with Crippen LogP contribution in [0.1, 0.15) is 51.6 Å². The molecule has 7 nitrogen and oxygen atoms in total. The maximum atomic E-state index is 13.0. The zero-order chi connectivity index (χ0) is 25.5. The molecule has 1 aromatic rings. The predicted octanol–water partition coefficient (Wildman–Crippen LogP) is 4.07. The van der Waals surface area contributed by atoms with E-state index < -0.39 is 11.9 Å². The van der Waals surface area contributed by atoms with Gasteiger partial charge in [-0.2, -0.15) is 13.2 Å². The van der Waals surface area contributed by atoms with Gasteiger partial charge in [0, 0.05) is 78.7 Å². The first kappa shape index (κ1) is 29.5. The van der Waals surface area contributed by atoms with E-state index in [-0.39, 0.29) is 18.1 Å². The molecule has 0 unspecified atom stereocenters. The Morgan fingerprint density at radius 2 is 1.54 bits per heavy atom. The number of rotatable bonds is 16. The quantitative estimate of drug-likeness (QED) is 0.318. The van der Waals surface area contributed by atoms with Crippen LogP contribution in [0.3, 0.4) is 0 Å². The molecule has 0 N–H and O–H groups in total. The SMILES string of the molecule is CCOCCCN1CCN(CCCOCCCCN(C(=O)CC)c2cccc(C(F)(F)F)n2)CC1. The third kappa shape index (κ3) is 11.2. The molecular weight excluding hydrogens is 461 g/mol. The summed E-state index contributed by atoms with van der Waals surface area (Å²) in [5, 5.41) is 0. The second-order valence-electron chi connectivity index (χ2n) is 8.68. The maximum Gasteiger partial charge on any atom is 0.433 e. The van der Waals surface area contributed by atoms with Gasteiger partial charge in [0.2, 0.25) is 5.91 Å². The summed E-state index contributed by atoms with van der Waals surface area (Å²) in [5.74, 6) is -0.200. The first-order valence-corrected chi connectivity index (χ1v) is 12.8. The molecule has 1 aromatic heterocycles. The Kier molecular flexibility index (Phi) is 13.5. The zero-order valence-electron chi connectivity index (χ0n) is 21.2. The van der Waals surface area contributed by atoms with E-state index in [4.69, 9.17) is 9.47 Å². The molecular formula is C25H41F3N4O3. The second kappa shape index (κ2) is 16.1. The van der Waals surface area contributed by atoms with Gasteiger partial charge >= 0.3 is 6.18 Å². The van der Waals surface area contributed by atoms with Crippen LogP contribution in [0, 0.1) is 0 Å². The highest BCUT2D eigenvalue weighted by atomic mass is 19.4. The average Bonchev–Trinajstić information content (AvgIpc) is 2.85. The summed E-state index contributed by atoms with van der Waals surface area (Å²) in [6.45, 7) is 13.4. The van der Waals surface area contributed by atoms with Crippen molar-refractivity contribution in [3.63, 3.8) is 0 Å². The number of carbonyl (C=O) groups is 1. The minimum Gasteiger partial charge on any atom is -0.382 e. The third-order valence-corrected chi connectivity index (χ3v) is 6.02. The van der Waals surface area contributed by atoms with Crippen LogP contribution in [-0.2, 0) is 20.4 Å². The molecule has 0 bridgehead atoms. The van der Waals surface area contributed by atoms with E-state index in [0.29, 0.717) is 26.2 Å². The van der Waals surface area contributed by atoms with Crippen LogP contribution in [-0.4, -0.2) is 92.9 Å². The number of unbranched alkanes of at least 4 members (excludes halogenated alkanes) is 1. The number of hydrogen-bond acceptors (Lipinski definition) is 6. The number of anilines is 1. The monoisotopic (exact) mass is 502 g/mol. The van der Waals surface area contributed by atoms with Crippen molar-refractivity contribution in [2.75, 3.05) is 77.1 Å². The van der Waals surface area contributed by atoms with E-state index >= 15 is 0 Å². The number of pyridine rings is 1. The van der Waals surface area contributed by atoms with Crippen molar-refractivity contribution >= 4 is 11.7 Å². The van der Waals surface area contributed by atoms with Crippen molar-refractivity contribution in [3.8, 4) is 0 Å². The summed E-state index contributed by atoms with van der Waals surface area (Å²) < 4.78 is 50.1. The van der Waals surface area contributed by atoms with E-state index in [0.717, 1.165) is 77.8 Å². The summed E-state index contributed by atoms with van der Waals surface area (Å²) in [4.78, 5) is 22.3. The highest BCUT2D eigenvalue weighted by molar-refractivity contribution is 5.92. The zero-order valence-corrected chi connectivity index (χ0v) is 21.2. The van der Waals surface area contributed by atoms with Crippen LogP contribution in [0.25, 0.3) is 0 Å². The molecule has 0 radical (unpaired) electrons. The number of ether oxygens (including phenoxy) is 2. The van der Waals surface area contributed by atoms with Gasteiger partial charge in [-0.05, 0) is 44.7 Å². The highest BCUT2D eigenvalue weighted by Crippen LogP contribution is 2.29. The Balaban J connectivity index is 1.58. The molecule has 1 fully saturated rings. The van der Waals surface area contributed by atoms with E-state index in [2.05, 4.69) is 14.8 Å². The van der Waals surface area contributed by atoms with Gasteiger partial charge in [0.1, 0.15) is 11.5 Å². The number of piperazine rings is 1. The fourth-order valence-corrected chi connectivity index (χ4v) is 4.03. The Morgan fingerprint density at radius 1 is 0.943 bits per heavy atom. The van der Waals surface area contributed by atoms with Gasteiger partial charge in [-0.1, -0.05) is 13.0 Å². The molecule has 35 heavy (non-hydrogen) atoms. The van der Waals surface area contributed by atoms with Crippen molar-refractivity contribution in [1.82, 2.24) is 14.8 Å². The molecule has 10 heteroatoms. The third-order valence-electron chi connectivity index (χ3n) is 6.02. The summed E-state index contributed by atoms with van der Waals surface area (Å²) in [6, 6.07) is 3.64. The molecule has 200 valence electrons. The molecule has 1 aliphatic rings. The van der Waals surface area contributed by atoms with Crippen molar-refractivity contribution in [1.29, 1.82) is 0 Å². The Hall–Kier alpha value is -1.75. The summed E-state index contributed by atoms with van der Waals surface area (Å²) in [7, 11) is 0. The van der Waals surface area contributed by atoms with Gasteiger partial charge in [0.25, 0.3) is 0 Å². The van der Waals surface area contributed by atoms with E-state index in [9.17, 15) is 18.0 Å². The van der Waals surface area contributed by atoms with Gasteiger partial charge in [0.05, 0.1) is 0 Å². The number of halogens is 3. The number of aromatic nitrogens is 1. The summed E-state index contributed by atoms with van der Waals surface area (Å²) in [6.07, 6.45) is -0.915. The van der Waals surface area contributed by atoms with Gasteiger partial charge in [-0.15, -0.1) is 0 Å². The lowest BCUT2D eigenvalue weighted by molar-refractivity contribution is -0.141. The van der Waals surface area contributed by atoms with E-state index in [1.807, 2.05) is 6.92 Å². The molecule has 0 saturated carbocycles. The van der Waals surface area contributed by atoms with Crippen molar-refractivity contribution in [2.45, 2.75) is 52.1 Å². The summed E-state index contributed by atoms with van der Waals surface area (Å²) >= 11 is 0. The Morgan fingerprint density at radius 3 is 2.11 bits per heavy atom. The standard InChI is InChI=1S/C25H41F3N4O3/c1-3-24(33)32(23-11-7-10-22(29-23)25(26,27)28)14-5-6-19-35-21-9-13-31-17-15-30(16-18-31)12-8-20-34-4-2/h7,10-11H,3-6,8-9,12-21H2,1-2H3. The predicted molar refractivity (Wildman–Crippen MR) is 131 cm³/mol. The maximum absolute atomic E-state index is 13.0. The van der Waals surface area contributed by atoms with Crippen LogP contribution >= 0.6 is 0 Å². The lowest BCUT2D eigenvalue weighted by Crippen LogP contribution is -2.47. The molecule has 2 heterocycles. The topological polar surface area (TPSA) is 58.1 Å². The lowest BCUT2D eigenvalue weighted by Gasteiger charge is -2.34.